The number of esters is 1. The first-order chi connectivity index (χ1) is 8.13. The Hall–Kier alpha value is -1.42. The highest BCUT2D eigenvalue weighted by Crippen LogP contribution is 2.07. The zero-order valence-electron chi connectivity index (χ0n) is 10.3. The molecule has 0 amide bonds. The van der Waals surface area contributed by atoms with Crippen LogP contribution in [0.2, 0.25) is 0 Å². The first kappa shape index (κ1) is 13.6. The molecule has 0 aliphatic heterocycles. The van der Waals surface area contributed by atoms with E-state index in [2.05, 4.69) is 0 Å². The molecule has 1 aromatic rings. The topological polar surface area (TPSA) is 29.5 Å². The summed E-state index contributed by atoms with van der Waals surface area (Å²) in [5.74, 6) is -0.444. The zero-order valence-corrected chi connectivity index (χ0v) is 10.3. The fourth-order valence-electron chi connectivity index (χ4n) is 1.52. The van der Waals surface area contributed by atoms with E-state index in [1.165, 1.54) is 6.07 Å². The molecule has 0 fully saturated rings. The van der Waals surface area contributed by atoms with Gasteiger partial charge in [-0.2, -0.15) is 0 Å². The van der Waals surface area contributed by atoms with Crippen molar-refractivity contribution in [3.8, 4) is 0 Å². The monoisotopic (exact) mass is 239 g/mol. The lowest BCUT2D eigenvalue weighted by Crippen LogP contribution is -2.29. The van der Waals surface area contributed by atoms with E-state index in [0.29, 0.717) is 25.1 Å². The van der Waals surface area contributed by atoms with Crippen LogP contribution < -0.4 is 0 Å². The molecule has 0 radical (unpaired) electrons. The minimum absolute atomic E-state index is 0.197. The molecule has 0 atom stereocenters. The second-order valence-electron chi connectivity index (χ2n) is 3.88. The van der Waals surface area contributed by atoms with Crippen LogP contribution in [0.25, 0.3) is 0 Å². The van der Waals surface area contributed by atoms with Gasteiger partial charge in [-0.05, 0) is 32.0 Å². The van der Waals surface area contributed by atoms with Gasteiger partial charge in [0.2, 0.25) is 0 Å². The minimum atomic E-state index is -0.247. The number of likely N-dealkylation sites (N-methyl/N-ethyl adjacent to an activating group) is 1. The molecule has 0 saturated carbocycles. The third-order valence-corrected chi connectivity index (χ3v) is 2.43. The van der Waals surface area contributed by atoms with Crippen molar-refractivity contribution < 1.29 is 13.9 Å². The van der Waals surface area contributed by atoms with Crippen molar-refractivity contribution in [2.45, 2.75) is 13.3 Å². The molecule has 0 aliphatic rings. The predicted octanol–water partition coefficient (Wildman–Crippen LogP) is 1.86. The lowest BCUT2D eigenvalue weighted by Gasteiger charge is -2.15. The van der Waals surface area contributed by atoms with Crippen LogP contribution in [0.3, 0.4) is 0 Å². The number of ether oxygens (including phenoxy) is 1. The highest BCUT2D eigenvalue weighted by molar-refractivity contribution is 5.71. The number of rotatable bonds is 6. The highest BCUT2D eigenvalue weighted by Gasteiger charge is 2.08. The Labute approximate surface area is 101 Å². The zero-order chi connectivity index (χ0) is 12.7. The second kappa shape index (κ2) is 7.01. The summed E-state index contributed by atoms with van der Waals surface area (Å²) in [6.45, 7) is 3.03. The summed E-state index contributed by atoms with van der Waals surface area (Å²) < 4.78 is 18.1. The van der Waals surface area contributed by atoms with Gasteiger partial charge in [0.1, 0.15) is 5.82 Å². The molecule has 0 aliphatic carbocycles. The molecule has 1 rings (SSSR count). The third kappa shape index (κ3) is 4.95. The van der Waals surface area contributed by atoms with Gasteiger partial charge in [-0.15, -0.1) is 0 Å². The normalized spacial score (nSPS) is 10.6. The van der Waals surface area contributed by atoms with E-state index < -0.39 is 0 Å². The van der Waals surface area contributed by atoms with Crippen LogP contribution in [0.4, 0.5) is 4.39 Å². The summed E-state index contributed by atoms with van der Waals surface area (Å²) in [5, 5.41) is 0. The lowest BCUT2D eigenvalue weighted by molar-refractivity contribution is -0.144. The maximum atomic E-state index is 13.3. The fraction of sp³-hybridized carbons (Fsp3) is 0.462. The fourth-order valence-corrected chi connectivity index (χ4v) is 1.52. The van der Waals surface area contributed by atoms with E-state index in [-0.39, 0.29) is 18.3 Å². The Kier molecular flexibility index (Phi) is 5.63. The number of halogens is 1. The van der Waals surface area contributed by atoms with Crippen molar-refractivity contribution in [1.29, 1.82) is 0 Å². The molecule has 0 unspecified atom stereocenters. The van der Waals surface area contributed by atoms with Gasteiger partial charge in [-0.1, -0.05) is 18.2 Å². The van der Waals surface area contributed by atoms with Crippen LogP contribution >= 0.6 is 0 Å². The molecule has 0 aromatic heterocycles. The average Bonchev–Trinajstić information content (AvgIpc) is 2.28. The van der Waals surface area contributed by atoms with Gasteiger partial charge < -0.3 is 4.74 Å². The van der Waals surface area contributed by atoms with Crippen molar-refractivity contribution in [2.24, 2.45) is 0 Å². The maximum absolute atomic E-state index is 13.3. The molecule has 94 valence electrons. The van der Waals surface area contributed by atoms with Crippen molar-refractivity contribution in [3.63, 3.8) is 0 Å². The molecule has 3 nitrogen and oxygen atoms in total. The Morgan fingerprint density at radius 3 is 2.76 bits per heavy atom. The van der Waals surface area contributed by atoms with Crippen LogP contribution in [-0.2, 0) is 16.0 Å². The second-order valence-corrected chi connectivity index (χ2v) is 3.88. The average molecular weight is 239 g/mol. The number of carbonyl (C=O) groups is 1. The Morgan fingerprint density at radius 1 is 1.41 bits per heavy atom. The smallest absolute Gasteiger partial charge is 0.320 e. The standard InChI is InChI=1S/C13H18FNO2/c1-3-17-13(16)10-15(2)9-8-11-6-4-5-7-12(11)14/h4-7H,3,8-10H2,1-2H3. The van der Waals surface area contributed by atoms with E-state index in [4.69, 9.17) is 4.74 Å². The summed E-state index contributed by atoms with van der Waals surface area (Å²) in [4.78, 5) is 13.0. The van der Waals surface area contributed by atoms with Crippen molar-refractivity contribution in [2.75, 3.05) is 26.7 Å². The van der Waals surface area contributed by atoms with Gasteiger partial charge in [0.25, 0.3) is 0 Å². The molecule has 0 saturated heterocycles. The Balaban J connectivity index is 2.35. The van der Waals surface area contributed by atoms with E-state index in [1.54, 1.807) is 19.1 Å². The maximum Gasteiger partial charge on any atom is 0.320 e. The first-order valence-electron chi connectivity index (χ1n) is 5.71. The van der Waals surface area contributed by atoms with E-state index in [1.807, 2.05) is 18.0 Å². The molecule has 17 heavy (non-hydrogen) atoms. The molecule has 0 N–H and O–H groups in total. The van der Waals surface area contributed by atoms with Crippen LogP contribution in [0.1, 0.15) is 12.5 Å². The Morgan fingerprint density at radius 2 is 2.12 bits per heavy atom. The summed E-state index contributed by atoms with van der Waals surface area (Å²) in [7, 11) is 1.82. The molecular weight excluding hydrogens is 221 g/mol. The quantitative estimate of drug-likeness (QED) is 0.710. The lowest BCUT2D eigenvalue weighted by atomic mass is 10.1. The molecule has 4 heteroatoms. The number of nitrogens with zero attached hydrogens (tertiary/aromatic N) is 1. The highest BCUT2D eigenvalue weighted by atomic mass is 19.1. The molecular formula is C13H18FNO2. The van der Waals surface area contributed by atoms with Gasteiger partial charge in [0.15, 0.2) is 0 Å². The summed E-state index contributed by atoms with van der Waals surface area (Å²) >= 11 is 0. The molecule has 0 bridgehead atoms. The predicted molar refractivity (Wildman–Crippen MR) is 64.2 cm³/mol. The van der Waals surface area contributed by atoms with Gasteiger partial charge in [-0.3, -0.25) is 9.69 Å². The van der Waals surface area contributed by atoms with Crippen molar-refractivity contribution in [3.05, 3.63) is 35.6 Å². The molecule has 0 heterocycles. The van der Waals surface area contributed by atoms with Crippen LogP contribution in [0.15, 0.2) is 24.3 Å². The van der Waals surface area contributed by atoms with Gasteiger partial charge in [0.05, 0.1) is 13.2 Å². The Bertz CT molecular complexity index is 368. The first-order valence-corrected chi connectivity index (χ1v) is 5.71. The van der Waals surface area contributed by atoms with Crippen molar-refractivity contribution in [1.82, 2.24) is 4.90 Å². The number of hydrogen-bond acceptors (Lipinski definition) is 3. The van der Waals surface area contributed by atoms with Crippen LogP contribution in [0, 0.1) is 5.82 Å². The van der Waals surface area contributed by atoms with Crippen molar-refractivity contribution >= 4 is 5.97 Å². The molecule has 1 aromatic carbocycles. The third-order valence-electron chi connectivity index (χ3n) is 2.43. The SMILES string of the molecule is CCOC(=O)CN(C)CCc1ccccc1F. The van der Waals surface area contributed by atoms with E-state index >= 15 is 0 Å². The summed E-state index contributed by atoms with van der Waals surface area (Å²) in [6.07, 6.45) is 0.586. The molecule has 0 spiro atoms. The van der Waals surface area contributed by atoms with Gasteiger partial charge in [0, 0.05) is 6.54 Å². The summed E-state index contributed by atoms with van der Waals surface area (Å²) in [6, 6.07) is 6.68. The van der Waals surface area contributed by atoms with E-state index in [0.717, 1.165) is 0 Å². The number of hydrogen-bond donors (Lipinski definition) is 0. The minimum Gasteiger partial charge on any atom is -0.465 e. The van der Waals surface area contributed by atoms with Crippen LogP contribution in [-0.4, -0.2) is 37.6 Å². The number of benzene rings is 1. The van der Waals surface area contributed by atoms with E-state index in [9.17, 15) is 9.18 Å². The van der Waals surface area contributed by atoms with Crippen LogP contribution in [0.5, 0.6) is 0 Å². The van der Waals surface area contributed by atoms with Gasteiger partial charge >= 0.3 is 5.97 Å². The van der Waals surface area contributed by atoms with Gasteiger partial charge in [-0.25, -0.2) is 4.39 Å². The number of carbonyl (C=O) groups excluding carboxylic acids is 1. The summed E-state index contributed by atoms with van der Waals surface area (Å²) in [5.41, 5.74) is 0.670. The largest absolute Gasteiger partial charge is 0.465 e.